The summed E-state index contributed by atoms with van der Waals surface area (Å²) in [5, 5.41) is 6.06. The van der Waals surface area contributed by atoms with E-state index >= 15 is 0 Å². The summed E-state index contributed by atoms with van der Waals surface area (Å²) in [6.45, 7) is 4.11. The van der Waals surface area contributed by atoms with Gasteiger partial charge >= 0.3 is 0 Å². The first-order valence-corrected chi connectivity index (χ1v) is 9.17. The molecule has 1 amide bonds. The molecule has 2 N–H and O–H groups in total. The number of aromatic nitrogens is 2. The highest BCUT2D eigenvalue weighted by molar-refractivity contribution is 5.95. The molecule has 1 heterocycles. The number of aryl methyl sites for hydroxylation is 2. The van der Waals surface area contributed by atoms with Crippen molar-refractivity contribution in [3.05, 3.63) is 71.0 Å². The van der Waals surface area contributed by atoms with Gasteiger partial charge in [-0.2, -0.15) is 0 Å². The second kappa shape index (κ2) is 9.05. The normalized spacial score (nSPS) is 10.3. The van der Waals surface area contributed by atoms with Crippen LogP contribution in [0.4, 0.5) is 11.6 Å². The molecule has 0 aliphatic rings. The van der Waals surface area contributed by atoms with E-state index in [0.717, 1.165) is 22.6 Å². The lowest BCUT2D eigenvalue weighted by molar-refractivity contribution is 0.0950. The van der Waals surface area contributed by atoms with E-state index in [1.54, 1.807) is 26.4 Å². The number of hydrogen-bond acceptors (Lipinski definition) is 6. The van der Waals surface area contributed by atoms with Gasteiger partial charge in [0, 0.05) is 22.6 Å². The van der Waals surface area contributed by atoms with Crippen molar-refractivity contribution in [3.8, 4) is 11.5 Å². The number of nitrogens with zero attached hydrogens (tertiary/aromatic N) is 2. The molecule has 2 aromatic carbocycles. The Morgan fingerprint density at radius 3 is 2.17 bits per heavy atom. The topological polar surface area (TPSA) is 85.4 Å². The number of hydrogen-bond donors (Lipinski definition) is 2. The fraction of sp³-hybridized carbons (Fsp3) is 0.227. The highest BCUT2D eigenvalue weighted by atomic mass is 16.5. The van der Waals surface area contributed by atoms with Crippen molar-refractivity contribution in [2.75, 3.05) is 19.5 Å². The van der Waals surface area contributed by atoms with Crippen molar-refractivity contribution in [3.63, 3.8) is 0 Å². The first-order valence-electron chi connectivity index (χ1n) is 9.17. The average molecular weight is 392 g/mol. The third-order valence-corrected chi connectivity index (χ3v) is 4.32. The lowest BCUT2D eigenvalue weighted by atomic mass is 10.1. The second-order valence-corrected chi connectivity index (χ2v) is 6.50. The Hall–Kier alpha value is -3.61. The summed E-state index contributed by atoms with van der Waals surface area (Å²) in [7, 11) is 3.18. The van der Waals surface area contributed by atoms with Crippen LogP contribution in [0.1, 0.15) is 27.3 Å². The number of methoxy groups -OCH3 is 2. The van der Waals surface area contributed by atoms with Crippen LogP contribution in [0.25, 0.3) is 0 Å². The molecule has 0 fully saturated rings. The number of anilines is 2. The molecule has 0 atom stereocenters. The zero-order valence-corrected chi connectivity index (χ0v) is 16.9. The van der Waals surface area contributed by atoms with Crippen LogP contribution >= 0.6 is 0 Å². The monoisotopic (exact) mass is 392 g/mol. The maximum atomic E-state index is 12.7. The van der Waals surface area contributed by atoms with Gasteiger partial charge in [0.2, 0.25) is 5.95 Å². The summed E-state index contributed by atoms with van der Waals surface area (Å²) in [6, 6.07) is 14.6. The summed E-state index contributed by atoms with van der Waals surface area (Å²) in [6.07, 6.45) is 0. The molecule has 7 nitrogen and oxygen atoms in total. The van der Waals surface area contributed by atoms with Gasteiger partial charge in [0.25, 0.3) is 5.91 Å². The first kappa shape index (κ1) is 20.1. The van der Waals surface area contributed by atoms with Crippen LogP contribution in [0.5, 0.6) is 11.5 Å². The molecular weight excluding hydrogens is 368 g/mol. The molecule has 0 aliphatic heterocycles. The summed E-state index contributed by atoms with van der Waals surface area (Å²) < 4.78 is 10.8. The summed E-state index contributed by atoms with van der Waals surface area (Å²) >= 11 is 0. The van der Waals surface area contributed by atoms with E-state index < -0.39 is 0 Å². The van der Waals surface area contributed by atoms with Gasteiger partial charge in [-0.15, -0.1) is 0 Å². The molecule has 29 heavy (non-hydrogen) atoms. The summed E-state index contributed by atoms with van der Waals surface area (Å²) in [4.78, 5) is 21.4. The molecule has 0 spiro atoms. The van der Waals surface area contributed by atoms with Crippen molar-refractivity contribution >= 4 is 17.5 Å². The molecule has 0 unspecified atom stereocenters. The van der Waals surface area contributed by atoms with E-state index in [1.165, 1.54) is 0 Å². The predicted molar refractivity (Wildman–Crippen MR) is 112 cm³/mol. The van der Waals surface area contributed by atoms with Gasteiger partial charge in [0.15, 0.2) is 0 Å². The molecule has 0 saturated carbocycles. The Morgan fingerprint density at radius 2 is 1.55 bits per heavy atom. The molecule has 0 radical (unpaired) electrons. The Balaban J connectivity index is 1.73. The molecular formula is C22H24N4O3. The average Bonchev–Trinajstić information content (AvgIpc) is 2.71. The van der Waals surface area contributed by atoms with Crippen LogP contribution in [0, 0.1) is 13.8 Å². The zero-order chi connectivity index (χ0) is 20.8. The fourth-order valence-corrected chi connectivity index (χ4v) is 3.02. The fourth-order valence-electron chi connectivity index (χ4n) is 3.02. The van der Waals surface area contributed by atoms with Crippen molar-refractivity contribution < 1.29 is 14.3 Å². The number of nitrogens with one attached hydrogen (secondary N) is 2. The van der Waals surface area contributed by atoms with E-state index in [0.29, 0.717) is 23.0 Å². The predicted octanol–water partition coefficient (Wildman–Crippen LogP) is 3.78. The van der Waals surface area contributed by atoms with Crippen molar-refractivity contribution in [1.82, 2.24) is 15.3 Å². The van der Waals surface area contributed by atoms with Gasteiger partial charge in [0.05, 0.1) is 26.3 Å². The standard InChI is InChI=1S/C22H24N4O3/c1-14-11-15(2)25-22(24-14)26-17-8-5-7-16(12-17)21(27)23-13-18-19(28-3)9-6-10-20(18)29-4/h5-12H,13H2,1-4H3,(H,23,27)(H,24,25,26). The SMILES string of the molecule is COc1cccc(OC)c1CNC(=O)c1cccc(Nc2nc(C)cc(C)n2)c1. The second-order valence-electron chi connectivity index (χ2n) is 6.50. The van der Waals surface area contributed by atoms with Gasteiger partial charge in [-0.3, -0.25) is 4.79 Å². The van der Waals surface area contributed by atoms with Crippen LogP contribution in [-0.4, -0.2) is 30.1 Å². The first-order chi connectivity index (χ1) is 14.0. The zero-order valence-electron chi connectivity index (χ0n) is 16.9. The summed E-state index contributed by atoms with van der Waals surface area (Å²) in [5.74, 6) is 1.61. The van der Waals surface area contributed by atoms with Crippen LogP contribution in [0.2, 0.25) is 0 Å². The Morgan fingerprint density at radius 1 is 0.931 bits per heavy atom. The lowest BCUT2D eigenvalue weighted by Crippen LogP contribution is -2.23. The number of ether oxygens (including phenoxy) is 2. The van der Waals surface area contributed by atoms with Crippen molar-refractivity contribution in [2.24, 2.45) is 0 Å². The van der Waals surface area contributed by atoms with Crippen LogP contribution in [0.3, 0.4) is 0 Å². The van der Waals surface area contributed by atoms with E-state index in [-0.39, 0.29) is 12.5 Å². The lowest BCUT2D eigenvalue weighted by Gasteiger charge is -2.14. The Bertz CT molecular complexity index is 978. The number of rotatable bonds is 7. The quantitative estimate of drug-likeness (QED) is 0.636. The number of carbonyl (C=O) groups is 1. The Labute approximate surface area is 170 Å². The minimum atomic E-state index is -0.206. The van der Waals surface area contributed by atoms with E-state index in [2.05, 4.69) is 20.6 Å². The summed E-state index contributed by atoms with van der Waals surface area (Å²) in [5.41, 5.74) is 3.79. The number of benzene rings is 2. The molecule has 3 aromatic rings. The molecule has 0 aliphatic carbocycles. The van der Waals surface area contributed by atoms with E-state index in [1.807, 2.05) is 50.2 Å². The highest BCUT2D eigenvalue weighted by Crippen LogP contribution is 2.28. The van der Waals surface area contributed by atoms with Crippen LogP contribution < -0.4 is 20.1 Å². The van der Waals surface area contributed by atoms with Crippen molar-refractivity contribution in [1.29, 1.82) is 0 Å². The third-order valence-electron chi connectivity index (χ3n) is 4.32. The Kier molecular flexibility index (Phi) is 6.29. The highest BCUT2D eigenvalue weighted by Gasteiger charge is 2.13. The van der Waals surface area contributed by atoms with Gasteiger partial charge in [-0.25, -0.2) is 9.97 Å². The largest absolute Gasteiger partial charge is 0.496 e. The van der Waals surface area contributed by atoms with Crippen molar-refractivity contribution in [2.45, 2.75) is 20.4 Å². The van der Waals surface area contributed by atoms with Crippen LogP contribution in [0.15, 0.2) is 48.5 Å². The minimum Gasteiger partial charge on any atom is -0.496 e. The van der Waals surface area contributed by atoms with Gasteiger partial charge in [-0.1, -0.05) is 12.1 Å². The number of amides is 1. The minimum absolute atomic E-state index is 0.206. The third kappa shape index (κ3) is 5.01. The maximum absolute atomic E-state index is 12.7. The molecule has 7 heteroatoms. The molecule has 150 valence electrons. The smallest absolute Gasteiger partial charge is 0.251 e. The number of carbonyl (C=O) groups excluding carboxylic acids is 1. The van der Waals surface area contributed by atoms with E-state index in [9.17, 15) is 4.79 Å². The maximum Gasteiger partial charge on any atom is 0.251 e. The van der Waals surface area contributed by atoms with Gasteiger partial charge < -0.3 is 20.1 Å². The molecule has 1 aromatic heterocycles. The molecule has 0 saturated heterocycles. The molecule has 3 rings (SSSR count). The van der Waals surface area contributed by atoms with Gasteiger partial charge in [-0.05, 0) is 50.2 Å². The van der Waals surface area contributed by atoms with Crippen LogP contribution in [-0.2, 0) is 6.54 Å². The molecule has 0 bridgehead atoms. The van der Waals surface area contributed by atoms with E-state index in [4.69, 9.17) is 9.47 Å². The van der Waals surface area contributed by atoms with Gasteiger partial charge in [0.1, 0.15) is 11.5 Å².